The number of anilines is 1. The van der Waals surface area contributed by atoms with Crippen molar-refractivity contribution in [2.24, 2.45) is 13.0 Å². The Labute approximate surface area is 167 Å². The van der Waals surface area contributed by atoms with E-state index in [1.165, 1.54) is 9.13 Å². The Morgan fingerprint density at radius 3 is 2.55 bits per heavy atom. The second-order valence-electron chi connectivity index (χ2n) is 7.61. The minimum absolute atomic E-state index is 0.123. The molecule has 2 aliphatic heterocycles. The lowest BCUT2D eigenvalue weighted by molar-refractivity contribution is -0.135. The number of nitrogens with one attached hydrogen (secondary N) is 1. The summed E-state index contributed by atoms with van der Waals surface area (Å²) in [5, 5.41) is 2.29. The molecule has 0 aliphatic carbocycles. The molecular formula is C18H22N4O6S. The summed E-state index contributed by atoms with van der Waals surface area (Å²) in [5.41, 5.74) is 1.92. The Hall–Kier alpha value is -2.66. The fraction of sp³-hybridized carbons (Fsp3) is 0.500. The number of piperidine rings is 1. The molecule has 2 fully saturated rings. The smallest absolute Gasteiger partial charge is 0.329 e. The van der Waals surface area contributed by atoms with Crippen molar-refractivity contribution in [2.45, 2.75) is 18.9 Å². The SMILES string of the molecule is Cn1c(=O)n(C2CCC(=O)NC2=O)c2ccc(N3CC(COS(C)(=O)=O)C3)cc21. The molecule has 11 heteroatoms. The topological polar surface area (TPSA) is 120 Å². The van der Waals surface area contributed by atoms with E-state index < -0.39 is 22.1 Å². The van der Waals surface area contributed by atoms with Crippen LogP contribution in [-0.4, -0.2) is 55.3 Å². The van der Waals surface area contributed by atoms with Gasteiger partial charge in [0.2, 0.25) is 11.8 Å². The van der Waals surface area contributed by atoms with Crippen LogP contribution < -0.4 is 15.9 Å². The Morgan fingerprint density at radius 1 is 1.17 bits per heavy atom. The highest BCUT2D eigenvalue weighted by atomic mass is 32.2. The Morgan fingerprint density at radius 2 is 1.90 bits per heavy atom. The lowest BCUT2D eigenvalue weighted by Gasteiger charge is -2.40. The van der Waals surface area contributed by atoms with Crippen molar-refractivity contribution in [1.82, 2.24) is 14.5 Å². The van der Waals surface area contributed by atoms with Crippen LogP contribution in [0.4, 0.5) is 5.69 Å². The zero-order valence-electron chi connectivity index (χ0n) is 16.1. The standard InChI is InChI=1S/C18H22N4O6S/c1-20-15-7-12(21-8-11(9-21)10-28-29(2,26)27)3-4-13(15)22(18(20)25)14-5-6-16(23)19-17(14)24/h3-4,7,11,14H,5-6,8-10H2,1-2H3,(H,19,23,24). The largest absolute Gasteiger partial charge is 0.371 e. The molecule has 1 aromatic heterocycles. The Kier molecular flexibility index (Phi) is 4.74. The highest BCUT2D eigenvalue weighted by molar-refractivity contribution is 7.85. The number of aromatic nitrogens is 2. The summed E-state index contributed by atoms with van der Waals surface area (Å²) in [5.74, 6) is -0.664. The molecule has 2 aromatic rings. The zero-order valence-corrected chi connectivity index (χ0v) is 16.9. The number of rotatable bonds is 5. The van der Waals surface area contributed by atoms with Crippen molar-refractivity contribution in [3.05, 3.63) is 28.7 Å². The first-order valence-electron chi connectivity index (χ1n) is 9.28. The first-order valence-corrected chi connectivity index (χ1v) is 11.1. The molecule has 29 heavy (non-hydrogen) atoms. The van der Waals surface area contributed by atoms with Crippen LogP contribution >= 0.6 is 0 Å². The number of carbonyl (C=O) groups is 2. The molecule has 1 unspecified atom stereocenters. The number of imide groups is 1. The highest BCUT2D eigenvalue weighted by Crippen LogP contribution is 2.30. The monoisotopic (exact) mass is 422 g/mol. The van der Waals surface area contributed by atoms with E-state index in [-0.39, 0.29) is 30.5 Å². The molecule has 2 amide bonds. The third-order valence-electron chi connectivity index (χ3n) is 5.43. The van der Waals surface area contributed by atoms with Crippen LogP contribution in [0.5, 0.6) is 0 Å². The molecule has 4 rings (SSSR count). The van der Waals surface area contributed by atoms with Crippen LogP contribution in [0.2, 0.25) is 0 Å². The molecule has 0 radical (unpaired) electrons. The van der Waals surface area contributed by atoms with E-state index >= 15 is 0 Å². The summed E-state index contributed by atoms with van der Waals surface area (Å²) in [6, 6.07) is 4.84. The van der Waals surface area contributed by atoms with Gasteiger partial charge in [-0.15, -0.1) is 0 Å². The summed E-state index contributed by atoms with van der Waals surface area (Å²) >= 11 is 0. The van der Waals surface area contributed by atoms with E-state index in [1.807, 2.05) is 12.1 Å². The predicted molar refractivity (Wildman–Crippen MR) is 105 cm³/mol. The van der Waals surface area contributed by atoms with Crippen LogP contribution in [-0.2, 0) is 30.9 Å². The summed E-state index contributed by atoms with van der Waals surface area (Å²) in [4.78, 5) is 38.5. The van der Waals surface area contributed by atoms with Gasteiger partial charge in [0.25, 0.3) is 10.1 Å². The summed E-state index contributed by atoms with van der Waals surface area (Å²) in [7, 11) is -1.80. The summed E-state index contributed by atoms with van der Waals surface area (Å²) < 4.78 is 30.0. The first kappa shape index (κ1) is 19.6. The summed E-state index contributed by atoms with van der Waals surface area (Å²) in [6.45, 7) is 1.47. The van der Waals surface area contributed by atoms with Crippen molar-refractivity contribution in [1.29, 1.82) is 0 Å². The highest BCUT2D eigenvalue weighted by Gasteiger charge is 2.32. The van der Waals surface area contributed by atoms with Gasteiger partial charge in [-0.2, -0.15) is 8.42 Å². The van der Waals surface area contributed by atoms with Gasteiger partial charge in [0.05, 0.1) is 23.9 Å². The molecule has 1 atom stereocenters. The third kappa shape index (κ3) is 3.67. The number of nitrogens with zero attached hydrogens (tertiary/aromatic N) is 3. The Bertz CT molecular complexity index is 1160. The maximum absolute atomic E-state index is 12.8. The third-order valence-corrected chi connectivity index (χ3v) is 6.00. The van der Waals surface area contributed by atoms with E-state index in [0.717, 1.165) is 11.9 Å². The van der Waals surface area contributed by atoms with Gasteiger partial charge in [-0.3, -0.25) is 28.2 Å². The zero-order chi connectivity index (χ0) is 20.9. The molecule has 3 heterocycles. The summed E-state index contributed by atoms with van der Waals surface area (Å²) in [6.07, 6.45) is 1.52. The van der Waals surface area contributed by atoms with E-state index in [9.17, 15) is 22.8 Å². The quantitative estimate of drug-likeness (QED) is 0.520. The van der Waals surface area contributed by atoms with Gasteiger partial charge in [-0.05, 0) is 24.6 Å². The average Bonchev–Trinajstić information content (AvgIpc) is 2.84. The number of amides is 2. The maximum atomic E-state index is 12.8. The van der Waals surface area contributed by atoms with Gasteiger partial charge in [0.1, 0.15) is 6.04 Å². The van der Waals surface area contributed by atoms with Gasteiger partial charge in [0.15, 0.2) is 0 Å². The molecule has 2 aliphatic rings. The van der Waals surface area contributed by atoms with Crippen LogP contribution in [0.1, 0.15) is 18.9 Å². The van der Waals surface area contributed by atoms with E-state index in [1.54, 1.807) is 13.1 Å². The number of hydrogen-bond donors (Lipinski definition) is 1. The average molecular weight is 422 g/mol. The van der Waals surface area contributed by atoms with Gasteiger partial charge < -0.3 is 4.90 Å². The van der Waals surface area contributed by atoms with Gasteiger partial charge in [-0.25, -0.2) is 4.79 Å². The van der Waals surface area contributed by atoms with Gasteiger partial charge in [-0.1, -0.05) is 0 Å². The Balaban J connectivity index is 1.57. The fourth-order valence-electron chi connectivity index (χ4n) is 3.88. The molecule has 2 saturated heterocycles. The van der Waals surface area contributed by atoms with Crippen LogP contribution in [0, 0.1) is 5.92 Å². The normalized spacial score (nSPS) is 20.8. The van der Waals surface area contributed by atoms with Crippen molar-refractivity contribution in [3.63, 3.8) is 0 Å². The molecule has 156 valence electrons. The number of fused-ring (bicyclic) bond motifs is 1. The number of benzene rings is 1. The van der Waals surface area contributed by atoms with Crippen molar-refractivity contribution in [3.8, 4) is 0 Å². The lowest BCUT2D eigenvalue weighted by atomic mass is 10.0. The van der Waals surface area contributed by atoms with Gasteiger partial charge in [0, 0.05) is 38.2 Å². The van der Waals surface area contributed by atoms with E-state index in [4.69, 9.17) is 4.18 Å². The number of aryl methyl sites for hydroxylation is 1. The van der Waals surface area contributed by atoms with Crippen LogP contribution in [0.15, 0.2) is 23.0 Å². The molecule has 0 bridgehead atoms. The number of imidazole rings is 1. The minimum Gasteiger partial charge on any atom is -0.371 e. The predicted octanol–water partition coefficient (Wildman–Crippen LogP) is -0.270. The van der Waals surface area contributed by atoms with Crippen molar-refractivity contribution in [2.75, 3.05) is 30.9 Å². The first-order chi connectivity index (χ1) is 13.6. The van der Waals surface area contributed by atoms with E-state index in [0.29, 0.717) is 30.5 Å². The number of hydrogen-bond acceptors (Lipinski definition) is 7. The van der Waals surface area contributed by atoms with Crippen LogP contribution in [0.3, 0.4) is 0 Å². The number of carbonyl (C=O) groups excluding carboxylic acids is 2. The lowest BCUT2D eigenvalue weighted by Crippen LogP contribution is -2.49. The van der Waals surface area contributed by atoms with Crippen molar-refractivity contribution < 1.29 is 22.2 Å². The van der Waals surface area contributed by atoms with Crippen LogP contribution in [0.25, 0.3) is 11.0 Å². The van der Waals surface area contributed by atoms with Crippen molar-refractivity contribution >= 4 is 38.7 Å². The minimum atomic E-state index is -3.45. The van der Waals surface area contributed by atoms with Gasteiger partial charge >= 0.3 is 5.69 Å². The van der Waals surface area contributed by atoms with E-state index in [2.05, 4.69) is 10.2 Å². The maximum Gasteiger partial charge on any atom is 0.329 e. The second kappa shape index (κ2) is 6.99. The molecule has 0 saturated carbocycles. The fourth-order valence-corrected chi connectivity index (χ4v) is 4.32. The molecular weight excluding hydrogens is 400 g/mol. The second-order valence-corrected chi connectivity index (χ2v) is 9.26. The molecule has 1 N–H and O–H groups in total. The molecule has 1 aromatic carbocycles. The molecule has 0 spiro atoms. The molecule has 10 nitrogen and oxygen atoms in total.